The topological polar surface area (TPSA) is 71.5 Å². The number of amides is 2. The Bertz CT molecular complexity index is 495. The third-order valence-electron chi connectivity index (χ3n) is 5.87. The Morgan fingerprint density at radius 1 is 0.735 bits per heavy atom. The van der Waals surface area contributed by atoms with E-state index in [1.54, 1.807) is 0 Å². The fraction of sp³-hybridized carbons (Fsp3) is 0.923. The highest BCUT2D eigenvalue weighted by molar-refractivity contribution is 5.77. The van der Waals surface area contributed by atoms with Gasteiger partial charge in [-0.15, -0.1) is 0 Å². The molecule has 34 heavy (non-hydrogen) atoms. The van der Waals surface area contributed by atoms with Crippen LogP contribution in [0.4, 0.5) is 0 Å². The van der Waals surface area contributed by atoms with Gasteiger partial charge in [-0.2, -0.15) is 0 Å². The van der Waals surface area contributed by atoms with Crippen LogP contribution in [0.2, 0.25) is 0 Å². The van der Waals surface area contributed by atoms with Gasteiger partial charge in [-0.25, -0.2) is 0 Å². The first kappa shape index (κ1) is 30.8. The molecule has 0 saturated carbocycles. The van der Waals surface area contributed by atoms with Crippen molar-refractivity contribution in [2.75, 3.05) is 72.2 Å². The second-order valence-corrected chi connectivity index (χ2v) is 9.29. The maximum Gasteiger partial charge on any atom is 0.248 e. The number of unbranched alkanes of at least 4 members (excludes halogenated alkanes) is 1. The molecule has 1 aliphatic heterocycles. The normalized spacial score (nSPS) is 18.7. The van der Waals surface area contributed by atoms with Gasteiger partial charge in [-0.3, -0.25) is 14.5 Å². The lowest BCUT2D eigenvalue weighted by molar-refractivity contribution is -0.151. The molecule has 0 radical (unpaired) electrons. The molecule has 200 valence electrons. The molecule has 1 saturated heterocycles. The zero-order valence-electron chi connectivity index (χ0n) is 22.6. The van der Waals surface area contributed by atoms with Crippen molar-refractivity contribution in [2.45, 2.75) is 85.4 Å². The first-order chi connectivity index (χ1) is 16.5. The van der Waals surface area contributed by atoms with Gasteiger partial charge in [-0.05, 0) is 38.6 Å². The van der Waals surface area contributed by atoms with E-state index in [1.807, 2.05) is 9.80 Å². The van der Waals surface area contributed by atoms with Crippen molar-refractivity contribution < 1.29 is 23.8 Å². The minimum absolute atomic E-state index is 0.0458. The highest BCUT2D eigenvalue weighted by Gasteiger charge is 2.28. The van der Waals surface area contributed by atoms with Crippen LogP contribution in [-0.4, -0.2) is 111 Å². The van der Waals surface area contributed by atoms with Crippen LogP contribution in [0.25, 0.3) is 0 Å². The molecular weight excluding hydrogens is 434 g/mol. The van der Waals surface area contributed by atoms with Crippen LogP contribution >= 0.6 is 0 Å². The predicted molar refractivity (Wildman–Crippen MR) is 136 cm³/mol. The summed E-state index contributed by atoms with van der Waals surface area (Å²) in [4.78, 5) is 31.1. The summed E-state index contributed by atoms with van der Waals surface area (Å²) >= 11 is 0. The Balaban J connectivity index is 2.53. The van der Waals surface area contributed by atoms with Gasteiger partial charge >= 0.3 is 0 Å². The molecule has 0 aliphatic carbocycles. The molecule has 0 spiro atoms. The van der Waals surface area contributed by atoms with E-state index in [2.05, 4.69) is 39.5 Å². The van der Waals surface area contributed by atoms with Gasteiger partial charge in [0.05, 0.1) is 25.4 Å². The molecule has 0 N–H and O–H groups in total. The molecule has 8 heteroatoms. The largest absolute Gasteiger partial charge is 0.369 e. The summed E-state index contributed by atoms with van der Waals surface area (Å²) in [5, 5.41) is 0. The molecule has 8 nitrogen and oxygen atoms in total. The number of hydrogen-bond donors (Lipinski definition) is 0. The molecule has 0 bridgehead atoms. The summed E-state index contributed by atoms with van der Waals surface area (Å²) in [6.07, 6.45) is 5.84. The lowest BCUT2D eigenvalue weighted by Crippen LogP contribution is -2.51. The zero-order valence-corrected chi connectivity index (χ0v) is 22.6. The van der Waals surface area contributed by atoms with Crippen LogP contribution in [0.3, 0.4) is 0 Å². The van der Waals surface area contributed by atoms with Crippen molar-refractivity contribution in [2.24, 2.45) is 0 Å². The van der Waals surface area contributed by atoms with Crippen molar-refractivity contribution in [3.8, 4) is 0 Å². The highest BCUT2D eigenvalue weighted by atomic mass is 16.6. The van der Waals surface area contributed by atoms with Crippen LogP contribution in [0.5, 0.6) is 0 Å². The van der Waals surface area contributed by atoms with Crippen molar-refractivity contribution in [1.29, 1.82) is 0 Å². The molecule has 0 aromatic heterocycles. The third-order valence-corrected chi connectivity index (χ3v) is 5.87. The highest BCUT2D eigenvalue weighted by Crippen LogP contribution is 2.14. The second-order valence-electron chi connectivity index (χ2n) is 9.29. The van der Waals surface area contributed by atoms with Crippen LogP contribution in [0.1, 0.15) is 73.1 Å². The van der Waals surface area contributed by atoms with E-state index in [1.165, 1.54) is 0 Å². The van der Waals surface area contributed by atoms with E-state index in [0.29, 0.717) is 13.2 Å². The van der Waals surface area contributed by atoms with Crippen molar-refractivity contribution in [3.63, 3.8) is 0 Å². The first-order valence-electron chi connectivity index (χ1n) is 13.6. The maximum atomic E-state index is 12.5. The van der Waals surface area contributed by atoms with Crippen molar-refractivity contribution in [1.82, 2.24) is 14.7 Å². The maximum absolute atomic E-state index is 12.5. The summed E-state index contributed by atoms with van der Waals surface area (Å²) in [6.45, 7) is 17.1. The molecule has 0 aromatic rings. The quantitative estimate of drug-likeness (QED) is 0.280. The zero-order chi connectivity index (χ0) is 25.2. The summed E-state index contributed by atoms with van der Waals surface area (Å²) in [7, 11) is 0. The number of hydrogen-bond acceptors (Lipinski definition) is 6. The standard InChI is InChI=1S/C26H51N3O5/c1-6-11-16-27-17-23(19-32-21-25(30)28(12-7-2)13-8-3)34-24(18-27)20-33-22-26(31)29(14-9-4)15-10-5/h23-24H,6-22H2,1-5H3. The van der Waals surface area contributed by atoms with Gasteiger partial charge in [0, 0.05) is 39.3 Å². The van der Waals surface area contributed by atoms with Crippen LogP contribution < -0.4 is 0 Å². The number of morpholine rings is 1. The number of carbonyl (C=O) groups excluding carboxylic acids is 2. The van der Waals surface area contributed by atoms with Crippen molar-refractivity contribution >= 4 is 11.8 Å². The fourth-order valence-corrected chi connectivity index (χ4v) is 4.30. The Morgan fingerprint density at radius 3 is 1.50 bits per heavy atom. The predicted octanol–water partition coefficient (Wildman–Crippen LogP) is 3.19. The smallest absolute Gasteiger partial charge is 0.248 e. The summed E-state index contributed by atoms with van der Waals surface area (Å²) in [6, 6.07) is 0. The molecule has 1 rings (SSSR count). The monoisotopic (exact) mass is 485 g/mol. The molecule has 1 heterocycles. The Kier molecular flexibility index (Phi) is 17.2. The van der Waals surface area contributed by atoms with Gasteiger partial charge in [0.2, 0.25) is 11.8 Å². The van der Waals surface area contributed by atoms with E-state index >= 15 is 0 Å². The van der Waals surface area contributed by atoms with E-state index in [4.69, 9.17) is 14.2 Å². The number of nitrogens with zero attached hydrogens (tertiary/aromatic N) is 3. The Labute approximate surface area is 208 Å². The first-order valence-corrected chi connectivity index (χ1v) is 13.6. The van der Waals surface area contributed by atoms with Crippen LogP contribution in [0.15, 0.2) is 0 Å². The average Bonchev–Trinajstić information content (AvgIpc) is 2.82. The van der Waals surface area contributed by atoms with Gasteiger partial charge in [0.1, 0.15) is 13.2 Å². The SMILES string of the molecule is CCCCN1CC(COCC(=O)N(CCC)CCC)OC(COCC(=O)N(CCC)CCC)C1. The lowest BCUT2D eigenvalue weighted by Gasteiger charge is -2.38. The fourth-order valence-electron chi connectivity index (χ4n) is 4.30. The summed E-state index contributed by atoms with van der Waals surface area (Å²) in [5.74, 6) is 0.0916. The number of rotatable bonds is 19. The van der Waals surface area contributed by atoms with Crippen molar-refractivity contribution in [3.05, 3.63) is 0 Å². The Morgan fingerprint density at radius 2 is 1.15 bits per heavy atom. The summed E-state index contributed by atoms with van der Waals surface area (Å²) < 4.78 is 17.8. The lowest BCUT2D eigenvalue weighted by atomic mass is 10.2. The number of carbonyl (C=O) groups is 2. The second kappa shape index (κ2) is 19.0. The molecule has 1 aliphatic rings. The Hall–Kier alpha value is -1.22. The van der Waals surface area contributed by atoms with E-state index in [9.17, 15) is 9.59 Å². The minimum Gasteiger partial charge on any atom is -0.369 e. The third kappa shape index (κ3) is 12.5. The van der Waals surface area contributed by atoms with E-state index < -0.39 is 0 Å². The summed E-state index contributed by atoms with van der Waals surface area (Å²) in [5.41, 5.74) is 0. The molecular formula is C26H51N3O5. The number of ether oxygens (including phenoxy) is 3. The molecule has 1 fully saturated rings. The molecule has 2 atom stereocenters. The van der Waals surface area contributed by atoms with Crippen LogP contribution in [0, 0.1) is 0 Å². The van der Waals surface area contributed by atoms with E-state index in [-0.39, 0.29) is 37.2 Å². The molecule has 2 unspecified atom stereocenters. The van der Waals surface area contributed by atoms with Gasteiger partial charge in [0.15, 0.2) is 0 Å². The average molecular weight is 486 g/mol. The van der Waals surface area contributed by atoms with Gasteiger partial charge in [0.25, 0.3) is 0 Å². The minimum atomic E-state index is -0.106. The van der Waals surface area contributed by atoms with Crippen LogP contribution in [-0.2, 0) is 23.8 Å². The van der Waals surface area contributed by atoms with E-state index in [0.717, 1.165) is 84.3 Å². The molecule has 0 aromatic carbocycles. The van der Waals surface area contributed by atoms with Gasteiger partial charge < -0.3 is 24.0 Å². The van der Waals surface area contributed by atoms with Gasteiger partial charge in [-0.1, -0.05) is 41.0 Å². The molecule has 2 amide bonds.